The Hall–Kier alpha value is -2.49. The van der Waals surface area contributed by atoms with Gasteiger partial charge in [0.25, 0.3) is 11.1 Å². The lowest BCUT2D eigenvalue weighted by Crippen LogP contribution is -2.36. The van der Waals surface area contributed by atoms with Crippen molar-refractivity contribution < 1.29 is 23.9 Å². The first kappa shape index (κ1) is 25.1. The number of nitrogens with one attached hydrogen (secondary N) is 1. The zero-order valence-electron chi connectivity index (χ0n) is 18.0. The third kappa shape index (κ3) is 6.52. The highest BCUT2D eigenvalue weighted by molar-refractivity contribution is 9.10. The lowest BCUT2D eigenvalue weighted by atomic mass is 10.2. The molecule has 2 aromatic carbocycles. The zero-order chi connectivity index (χ0) is 24.0. The maximum atomic E-state index is 12.8. The summed E-state index contributed by atoms with van der Waals surface area (Å²) in [4.78, 5) is 38.7. The molecule has 10 heteroatoms. The summed E-state index contributed by atoms with van der Waals surface area (Å²) in [5.74, 6) is 0.145. The lowest BCUT2D eigenvalue weighted by molar-refractivity contribution is -0.127. The molecule has 2 aromatic rings. The second kappa shape index (κ2) is 11.6. The van der Waals surface area contributed by atoms with Gasteiger partial charge in [0.05, 0.1) is 23.1 Å². The highest BCUT2D eigenvalue weighted by Crippen LogP contribution is 2.35. The second-order valence-corrected chi connectivity index (χ2v) is 9.19. The summed E-state index contributed by atoms with van der Waals surface area (Å²) in [6.07, 6.45) is 2.46. The molecule has 0 radical (unpaired) electrons. The van der Waals surface area contributed by atoms with Crippen LogP contribution < -0.4 is 14.8 Å². The van der Waals surface area contributed by atoms with E-state index in [-0.39, 0.29) is 4.91 Å². The number of carbonyl (C=O) groups is 3. The highest BCUT2D eigenvalue weighted by Gasteiger charge is 2.36. The van der Waals surface area contributed by atoms with Crippen molar-refractivity contribution in [3.63, 3.8) is 0 Å². The molecular weight excluding hydrogens is 532 g/mol. The van der Waals surface area contributed by atoms with Gasteiger partial charge in [-0.25, -0.2) is 0 Å². The Balaban J connectivity index is 1.71. The summed E-state index contributed by atoms with van der Waals surface area (Å²) >= 11 is 10.1. The van der Waals surface area contributed by atoms with Crippen LogP contribution in [0.2, 0.25) is 5.02 Å². The van der Waals surface area contributed by atoms with Crippen LogP contribution in [0.5, 0.6) is 11.5 Å². The molecule has 0 aromatic heterocycles. The van der Waals surface area contributed by atoms with Gasteiger partial charge in [0.2, 0.25) is 5.91 Å². The molecule has 1 aliphatic heterocycles. The van der Waals surface area contributed by atoms with Crippen LogP contribution in [-0.2, 0) is 9.59 Å². The molecule has 0 aliphatic carbocycles. The average Bonchev–Trinajstić information content (AvgIpc) is 3.03. The minimum absolute atomic E-state index is 0.226. The van der Waals surface area contributed by atoms with Gasteiger partial charge in [0.1, 0.15) is 6.54 Å². The standard InChI is InChI=1S/C23H22BrClN2O5S/c1-3-9-32-18-8-5-14(10-19(18)31-4-2)11-20-22(29)27(23(30)33-20)13-21(28)26-15-6-7-16(24)17(25)12-15/h5-8,10-12H,3-4,9,13H2,1-2H3,(H,26,28)/b20-11-. The Kier molecular flexibility index (Phi) is 8.82. The number of anilines is 1. The summed E-state index contributed by atoms with van der Waals surface area (Å²) in [6.45, 7) is 4.51. The van der Waals surface area contributed by atoms with E-state index in [2.05, 4.69) is 21.2 Å². The number of nitrogens with zero attached hydrogens (tertiary/aromatic N) is 1. The molecule has 0 spiro atoms. The van der Waals surface area contributed by atoms with Gasteiger partial charge < -0.3 is 14.8 Å². The molecule has 1 heterocycles. The van der Waals surface area contributed by atoms with E-state index < -0.39 is 23.6 Å². The Labute approximate surface area is 209 Å². The third-order valence-electron chi connectivity index (χ3n) is 4.41. The summed E-state index contributed by atoms with van der Waals surface area (Å²) < 4.78 is 12.0. The summed E-state index contributed by atoms with van der Waals surface area (Å²) in [5.41, 5.74) is 1.14. The molecular formula is C23H22BrClN2O5S. The molecule has 3 rings (SSSR count). The molecule has 174 valence electrons. The van der Waals surface area contributed by atoms with Gasteiger partial charge in [0.15, 0.2) is 11.5 Å². The largest absolute Gasteiger partial charge is 0.490 e. The SMILES string of the molecule is CCCOc1ccc(/C=C2\SC(=O)N(CC(=O)Nc3ccc(Br)c(Cl)c3)C2=O)cc1OCC. The first-order valence-corrected chi connectivity index (χ1v) is 12.2. The van der Waals surface area contributed by atoms with Crippen molar-refractivity contribution in [1.29, 1.82) is 0 Å². The fourth-order valence-electron chi connectivity index (χ4n) is 2.92. The normalized spacial score (nSPS) is 14.7. The number of thioether (sulfide) groups is 1. The molecule has 1 saturated heterocycles. The van der Waals surface area contributed by atoms with Crippen LogP contribution in [0.25, 0.3) is 6.08 Å². The summed E-state index contributed by atoms with van der Waals surface area (Å²) in [7, 11) is 0. The van der Waals surface area contributed by atoms with Gasteiger partial charge >= 0.3 is 0 Å². The number of rotatable bonds is 9. The van der Waals surface area contributed by atoms with Crippen molar-refractivity contribution >= 4 is 68.1 Å². The van der Waals surface area contributed by atoms with Crippen LogP contribution >= 0.6 is 39.3 Å². The number of hydrogen-bond donors (Lipinski definition) is 1. The quantitative estimate of drug-likeness (QED) is 0.386. The van der Waals surface area contributed by atoms with Crippen LogP contribution in [0.1, 0.15) is 25.8 Å². The van der Waals surface area contributed by atoms with Crippen molar-refractivity contribution in [2.75, 3.05) is 25.1 Å². The van der Waals surface area contributed by atoms with Gasteiger partial charge in [-0.3, -0.25) is 19.3 Å². The van der Waals surface area contributed by atoms with Gasteiger partial charge in [-0.15, -0.1) is 0 Å². The molecule has 0 unspecified atom stereocenters. The molecule has 0 atom stereocenters. The monoisotopic (exact) mass is 552 g/mol. The lowest BCUT2D eigenvalue weighted by Gasteiger charge is -2.13. The number of halogens is 2. The predicted molar refractivity (Wildman–Crippen MR) is 134 cm³/mol. The highest BCUT2D eigenvalue weighted by atomic mass is 79.9. The Morgan fingerprint density at radius 1 is 1.15 bits per heavy atom. The van der Waals surface area contributed by atoms with Crippen LogP contribution in [0.4, 0.5) is 10.5 Å². The van der Waals surface area contributed by atoms with Crippen LogP contribution in [0.15, 0.2) is 45.8 Å². The molecule has 7 nitrogen and oxygen atoms in total. The molecule has 1 fully saturated rings. The second-order valence-electron chi connectivity index (χ2n) is 6.93. The molecule has 3 amide bonds. The van der Waals surface area contributed by atoms with Gasteiger partial charge in [-0.2, -0.15) is 0 Å². The maximum Gasteiger partial charge on any atom is 0.294 e. The van der Waals surface area contributed by atoms with Crippen LogP contribution in [-0.4, -0.2) is 41.7 Å². The van der Waals surface area contributed by atoms with Crippen LogP contribution in [0.3, 0.4) is 0 Å². The van der Waals surface area contributed by atoms with E-state index in [1.54, 1.807) is 42.5 Å². The minimum Gasteiger partial charge on any atom is -0.490 e. The Bertz CT molecular complexity index is 1110. The van der Waals surface area contributed by atoms with Crippen LogP contribution in [0, 0.1) is 0 Å². The van der Waals surface area contributed by atoms with Gasteiger partial charge in [0, 0.05) is 10.2 Å². The maximum absolute atomic E-state index is 12.8. The first-order valence-electron chi connectivity index (χ1n) is 10.2. The van der Waals surface area contributed by atoms with Crippen molar-refractivity contribution in [3.05, 3.63) is 56.4 Å². The zero-order valence-corrected chi connectivity index (χ0v) is 21.2. The smallest absolute Gasteiger partial charge is 0.294 e. The molecule has 0 saturated carbocycles. The number of benzene rings is 2. The van der Waals surface area contributed by atoms with E-state index in [0.717, 1.165) is 23.1 Å². The number of hydrogen-bond acceptors (Lipinski definition) is 6. The molecule has 0 bridgehead atoms. The first-order chi connectivity index (χ1) is 15.8. The molecule has 1 N–H and O–H groups in total. The summed E-state index contributed by atoms with van der Waals surface area (Å²) in [6, 6.07) is 10.2. The predicted octanol–water partition coefficient (Wildman–Crippen LogP) is 5.97. The van der Waals surface area contributed by atoms with E-state index in [1.807, 2.05) is 13.8 Å². The van der Waals surface area contributed by atoms with E-state index in [0.29, 0.717) is 45.5 Å². The summed E-state index contributed by atoms with van der Waals surface area (Å²) in [5, 5.41) is 2.56. The minimum atomic E-state index is -0.529. The number of amides is 3. The van der Waals surface area contributed by atoms with Gasteiger partial charge in [-0.05, 0) is 83.0 Å². The fraction of sp³-hybridized carbons (Fsp3) is 0.261. The van der Waals surface area contributed by atoms with Crippen molar-refractivity contribution in [3.8, 4) is 11.5 Å². The Morgan fingerprint density at radius 2 is 1.94 bits per heavy atom. The number of ether oxygens (including phenoxy) is 2. The molecule has 1 aliphatic rings. The third-order valence-corrected chi connectivity index (χ3v) is 6.55. The van der Waals surface area contributed by atoms with E-state index >= 15 is 0 Å². The number of carbonyl (C=O) groups excluding carboxylic acids is 3. The molecule has 33 heavy (non-hydrogen) atoms. The van der Waals surface area contributed by atoms with E-state index in [1.165, 1.54) is 0 Å². The average molecular weight is 554 g/mol. The van der Waals surface area contributed by atoms with Crippen molar-refractivity contribution in [2.24, 2.45) is 0 Å². The van der Waals surface area contributed by atoms with E-state index in [9.17, 15) is 14.4 Å². The topological polar surface area (TPSA) is 84.9 Å². The van der Waals surface area contributed by atoms with Crippen molar-refractivity contribution in [2.45, 2.75) is 20.3 Å². The van der Waals surface area contributed by atoms with Crippen molar-refractivity contribution in [1.82, 2.24) is 4.90 Å². The number of imide groups is 1. The van der Waals surface area contributed by atoms with Gasteiger partial charge in [-0.1, -0.05) is 24.6 Å². The fourth-order valence-corrected chi connectivity index (χ4v) is 4.19. The Morgan fingerprint density at radius 3 is 2.64 bits per heavy atom. The van der Waals surface area contributed by atoms with E-state index in [4.69, 9.17) is 21.1 Å².